The lowest BCUT2D eigenvalue weighted by atomic mass is 10.2. The molecule has 2 aliphatic rings. The Bertz CT molecular complexity index is 948. The fourth-order valence-electron chi connectivity index (χ4n) is 3.37. The van der Waals surface area contributed by atoms with Gasteiger partial charge in [-0.3, -0.25) is 14.5 Å². The summed E-state index contributed by atoms with van der Waals surface area (Å²) in [7, 11) is 0. The highest BCUT2D eigenvalue weighted by Gasteiger charge is 2.33. The Morgan fingerprint density at radius 3 is 2.55 bits per heavy atom. The van der Waals surface area contributed by atoms with Crippen molar-refractivity contribution in [3.05, 3.63) is 45.6 Å². The van der Waals surface area contributed by atoms with Gasteiger partial charge in [-0.05, 0) is 36.4 Å². The number of halogens is 1. The molecular weight excluding hydrogens is 416 g/mol. The topological polar surface area (TPSA) is 105 Å². The quantitative estimate of drug-likeness (QED) is 0.747. The van der Waals surface area contributed by atoms with Crippen molar-refractivity contribution in [2.75, 3.05) is 29.4 Å². The number of amides is 2. The SMILES string of the molecule is N[C@H]1C(=O)CCN1c1ccc(N2C[C@H](CNC(=O)c3ccc(Cl)s3)OC2=O)cc1. The molecule has 2 fully saturated rings. The monoisotopic (exact) mass is 434 g/mol. The van der Waals surface area contributed by atoms with E-state index in [4.69, 9.17) is 22.1 Å². The van der Waals surface area contributed by atoms with Crippen LogP contribution in [0, 0.1) is 0 Å². The van der Waals surface area contributed by atoms with Gasteiger partial charge in [0.25, 0.3) is 5.91 Å². The first-order valence-electron chi connectivity index (χ1n) is 9.09. The second-order valence-corrected chi connectivity index (χ2v) is 8.52. The lowest BCUT2D eigenvalue weighted by molar-refractivity contribution is -0.118. The fraction of sp³-hybridized carbons (Fsp3) is 0.316. The molecule has 2 atom stereocenters. The van der Waals surface area contributed by atoms with E-state index in [1.165, 1.54) is 16.2 Å². The number of rotatable bonds is 5. The second-order valence-electron chi connectivity index (χ2n) is 6.80. The van der Waals surface area contributed by atoms with Crippen LogP contribution in [0.5, 0.6) is 0 Å². The minimum atomic E-state index is -0.621. The highest BCUT2D eigenvalue weighted by molar-refractivity contribution is 7.18. The van der Waals surface area contributed by atoms with Crippen LogP contribution in [0.25, 0.3) is 0 Å². The lowest BCUT2D eigenvalue weighted by Gasteiger charge is -2.23. The zero-order chi connectivity index (χ0) is 20.5. The van der Waals surface area contributed by atoms with E-state index in [0.717, 1.165) is 5.69 Å². The molecule has 3 heterocycles. The number of hydrogen-bond donors (Lipinski definition) is 2. The number of anilines is 2. The van der Waals surface area contributed by atoms with Crippen molar-refractivity contribution in [1.29, 1.82) is 0 Å². The van der Waals surface area contributed by atoms with Gasteiger partial charge < -0.3 is 20.7 Å². The van der Waals surface area contributed by atoms with Gasteiger partial charge in [-0.2, -0.15) is 0 Å². The number of carbonyl (C=O) groups is 3. The van der Waals surface area contributed by atoms with Gasteiger partial charge in [0.15, 0.2) is 5.78 Å². The molecule has 0 saturated carbocycles. The first-order chi connectivity index (χ1) is 13.9. The predicted molar refractivity (Wildman–Crippen MR) is 111 cm³/mol. The zero-order valence-electron chi connectivity index (χ0n) is 15.3. The smallest absolute Gasteiger partial charge is 0.414 e. The van der Waals surface area contributed by atoms with Crippen LogP contribution in [-0.2, 0) is 9.53 Å². The molecule has 4 rings (SSSR count). The molecule has 3 N–H and O–H groups in total. The van der Waals surface area contributed by atoms with E-state index in [2.05, 4.69) is 5.32 Å². The summed E-state index contributed by atoms with van der Waals surface area (Å²) in [6.07, 6.45) is -1.11. The number of carbonyl (C=O) groups excluding carboxylic acids is 3. The Kier molecular flexibility index (Phi) is 5.44. The number of ether oxygens (including phenoxy) is 1. The van der Waals surface area contributed by atoms with Crippen molar-refractivity contribution >= 4 is 52.1 Å². The van der Waals surface area contributed by atoms with Crippen molar-refractivity contribution in [3.63, 3.8) is 0 Å². The summed E-state index contributed by atoms with van der Waals surface area (Å²) >= 11 is 7.03. The van der Waals surface area contributed by atoms with Gasteiger partial charge >= 0.3 is 6.09 Å². The summed E-state index contributed by atoms with van der Waals surface area (Å²) in [6.45, 7) is 1.12. The molecule has 2 saturated heterocycles. The van der Waals surface area contributed by atoms with Gasteiger partial charge in [0.1, 0.15) is 12.3 Å². The number of hydrogen-bond acceptors (Lipinski definition) is 7. The van der Waals surface area contributed by atoms with Crippen molar-refractivity contribution in [2.45, 2.75) is 18.7 Å². The van der Waals surface area contributed by atoms with Crippen molar-refractivity contribution in [1.82, 2.24) is 5.32 Å². The van der Waals surface area contributed by atoms with Gasteiger partial charge in [-0.1, -0.05) is 11.6 Å². The molecule has 0 spiro atoms. The third-order valence-corrected chi connectivity index (χ3v) is 6.15. The van der Waals surface area contributed by atoms with Crippen LogP contribution in [0.4, 0.5) is 16.2 Å². The average Bonchev–Trinajstić information content (AvgIpc) is 3.40. The molecule has 8 nitrogen and oxygen atoms in total. The Labute approximate surface area is 176 Å². The summed E-state index contributed by atoms with van der Waals surface area (Å²) in [4.78, 5) is 39.8. The Morgan fingerprint density at radius 2 is 1.93 bits per heavy atom. The van der Waals surface area contributed by atoms with Crippen molar-refractivity contribution in [3.8, 4) is 0 Å². The largest absolute Gasteiger partial charge is 0.442 e. The van der Waals surface area contributed by atoms with Crippen LogP contribution in [0.3, 0.4) is 0 Å². The summed E-state index contributed by atoms with van der Waals surface area (Å²) in [5.41, 5.74) is 7.42. The van der Waals surface area contributed by atoms with Gasteiger partial charge in [0.05, 0.1) is 22.3 Å². The van der Waals surface area contributed by atoms with E-state index in [1.54, 1.807) is 24.3 Å². The zero-order valence-corrected chi connectivity index (χ0v) is 16.9. The maximum Gasteiger partial charge on any atom is 0.414 e. The third kappa shape index (κ3) is 4.07. The Morgan fingerprint density at radius 1 is 1.21 bits per heavy atom. The number of nitrogens with one attached hydrogen (secondary N) is 1. The molecule has 0 unspecified atom stereocenters. The van der Waals surface area contributed by atoms with E-state index in [0.29, 0.717) is 34.4 Å². The normalized spacial score (nSPS) is 21.6. The fourth-order valence-corrected chi connectivity index (χ4v) is 4.33. The molecule has 1 aromatic carbocycles. The molecule has 29 heavy (non-hydrogen) atoms. The molecule has 10 heteroatoms. The summed E-state index contributed by atoms with van der Waals surface area (Å²) in [6, 6.07) is 10.6. The summed E-state index contributed by atoms with van der Waals surface area (Å²) in [5.74, 6) is -0.232. The number of ketones is 1. The van der Waals surface area contributed by atoms with Gasteiger partial charge in [0, 0.05) is 24.3 Å². The molecule has 0 bridgehead atoms. The minimum Gasteiger partial charge on any atom is -0.442 e. The molecule has 1 aromatic heterocycles. The summed E-state index contributed by atoms with van der Waals surface area (Å²) in [5, 5.41) is 2.76. The molecule has 152 valence electrons. The standard InChI is InChI=1S/C19H19ClN4O4S/c20-16-6-5-15(29-16)18(26)22-9-13-10-24(19(27)28-13)12-3-1-11(2-4-12)23-8-7-14(25)17(23)21/h1-6,13,17H,7-10,21H2,(H,22,26)/t13-,17+/m0/s1. The highest BCUT2D eigenvalue weighted by Crippen LogP contribution is 2.27. The van der Waals surface area contributed by atoms with E-state index in [1.807, 2.05) is 17.0 Å². The van der Waals surface area contributed by atoms with Gasteiger partial charge in [-0.15, -0.1) is 11.3 Å². The van der Waals surface area contributed by atoms with Crippen LogP contribution < -0.4 is 20.9 Å². The Hall–Kier alpha value is -2.62. The number of Topliss-reactive ketones (excluding diaryl/α,β-unsaturated/α-hetero) is 1. The van der Waals surface area contributed by atoms with E-state index >= 15 is 0 Å². The summed E-state index contributed by atoms with van der Waals surface area (Å²) < 4.78 is 5.89. The number of nitrogens with two attached hydrogens (primary N) is 1. The first-order valence-corrected chi connectivity index (χ1v) is 10.3. The maximum absolute atomic E-state index is 12.2. The van der Waals surface area contributed by atoms with Gasteiger partial charge in [0.2, 0.25) is 0 Å². The van der Waals surface area contributed by atoms with E-state index in [-0.39, 0.29) is 18.2 Å². The Balaban J connectivity index is 1.35. The molecule has 2 aromatic rings. The highest BCUT2D eigenvalue weighted by atomic mass is 35.5. The first kappa shape index (κ1) is 19.7. The predicted octanol–water partition coefficient (Wildman–Crippen LogP) is 2.22. The molecule has 2 aliphatic heterocycles. The third-order valence-electron chi connectivity index (χ3n) is 4.92. The number of nitrogens with zero attached hydrogens (tertiary/aromatic N) is 2. The molecular formula is C19H19ClN4O4S. The average molecular weight is 435 g/mol. The molecule has 0 aliphatic carbocycles. The van der Waals surface area contributed by atoms with Crippen LogP contribution in [0.2, 0.25) is 4.34 Å². The van der Waals surface area contributed by atoms with Crippen LogP contribution >= 0.6 is 22.9 Å². The maximum atomic E-state index is 12.2. The lowest BCUT2D eigenvalue weighted by Crippen LogP contribution is -2.40. The van der Waals surface area contributed by atoms with Gasteiger partial charge in [-0.25, -0.2) is 4.79 Å². The minimum absolute atomic E-state index is 0.0203. The van der Waals surface area contributed by atoms with Crippen molar-refractivity contribution < 1.29 is 19.1 Å². The molecule has 2 amide bonds. The molecule has 0 radical (unpaired) electrons. The van der Waals surface area contributed by atoms with E-state index < -0.39 is 18.4 Å². The van der Waals surface area contributed by atoms with Crippen LogP contribution in [0.15, 0.2) is 36.4 Å². The number of cyclic esters (lactones) is 1. The van der Waals surface area contributed by atoms with Crippen molar-refractivity contribution in [2.24, 2.45) is 5.73 Å². The second kappa shape index (κ2) is 8.02. The number of thiophene rings is 1. The number of benzene rings is 1. The van der Waals surface area contributed by atoms with Crippen LogP contribution in [-0.4, -0.2) is 49.7 Å². The van der Waals surface area contributed by atoms with Crippen LogP contribution in [0.1, 0.15) is 16.1 Å². The van der Waals surface area contributed by atoms with E-state index in [9.17, 15) is 14.4 Å².